The zero-order chi connectivity index (χ0) is 14.8. The Morgan fingerprint density at radius 2 is 2.05 bits per heavy atom. The molecule has 0 spiro atoms. The lowest BCUT2D eigenvalue weighted by Crippen LogP contribution is -2.37. The van der Waals surface area contributed by atoms with Crippen molar-refractivity contribution < 1.29 is 0 Å². The van der Waals surface area contributed by atoms with Gasteiger partial charge in [-0.3, -0.25) is 4.40 Å². The molecule has 2 aromatic heterocycles. The van der Waals surface area contributed by atoms with Gasteiger partial charge in [0.2, 0.25) is 0 Å². The minimum Gasteiger partial charge on any atom is -0.305 e. The van der Waals surface area contributed by atoms with Gasteiger partial charge >= 0.3 is 0 Å². The van der Waals surface area contributed by atoms with Gasteiger partial charge in [0.15, 0.2) is 11.5 Å². The number of hydrogen-bond donors (Lipinski definition) is 1. The van der Waals surface area contributed by atoms with Crippen LogP contribution in [0.2, 0.25) is 0 Å². The molecule has 114 valence electrons. The molecule has 2 aromatic rings. The van der Waals surface area contributed by atoms with E-state index in [2.05, 4.69) is 40.7 Å². The third-order valence-electron chi connectivity index (χ3n) is 4.87. The molecule has 1 saturated carbocycles. The monoisotopic (exact) mass is 286 g/mol. The van der Waals surface area contributed by atoms with Crippen LogP contribution >= 0.6 is 0 Å². The first-order chi connectivity index (χ1) is 10.1. The standard InChI is InChI=1S/C17H26N4/c1-12(2)14-7-6-8-15(11-14)18-13(3)17-20-19-16-9-4-5-10-21(16)17/h4-5,9-10,12-15,18H,6-8,11H2,1-3H3. The summed E-state index contributed by atoms with van der Waals surface area (Å²) in [4.78, 5) is 0. The van der Waals surface area contributed by atoms with Crippen molar-refractivity contribution in [1.82, 2.24) is 19.9 Å². The van der Waals surface area contributed by atoms with E-state index in [4.69, 9.17) is 0 Å². The molecule has 0 radical (unpaired) electrons. The summed E-state index contributed by atoms with van der Waals surface area (Å²) >= 11 is 0. The van der Waals surface area contributed by atoms with Crippen LogP contribution in [-0.4, -0.2) is 20.6 Å². The lowest BCUT2D eigenvalue weighted by atomic mass is 9.79. The highest BCUT2D eigenvalue weighted by molar-refractivity contribution is 5.37. The first-order valence-electron chi connectivity index (χ1n) is 8.21. The first-order valence-corrected chi connectivity index (χ1v) is 8.21. The van der Waals surface area contributed by atoms with Crippen molar-refractivity contribution in [2.24, 2.45) is 11.8 Å². The molecule has 0 amide bonds. The van der Waals surface area contributed by atoms with E-state index in [1.807, 2.05) is 24.4 Å². The van der Waals surface area contributed by atoms with Crippen LogP contribution in [0.1, 0.15) is 58.3 Å². The second-order valence-electron chi connectivity index (χ2n) is 6.74. The number of nitrogens with one attached hydrogen (secondary N) is 1. The van der Waals surface area contributed by atoms with Gasteiger partial charge in [-0.2, -0.15) is 0 Å². The number of aromatic nitrogens is 3. The molecule has 0 saturated heterocycles. The molecular formula is C17H26N4. The highest BCUT2D eigenvalue weighted by Crippen LogP contribution is 2.31. The average Bonchev–Trinajstić information content (AvgIpc) is 2.91. The van der Waals surface area contributed by atoms with E-state index in [1.54, 1.807) is 0 Å². The molecule has 4 nitrogen and oxygen atoms in total. The Labute approximate surface area is 127 Å². The Morgan fingerprint density at radius 3 is 2.86 bits per heavy atom. The summed E-state index contributed by atoms with van der Waals surface area (Å²) in [5.74, 6) is 2.66. The van der Waals surface area contributed by atoms with Gasteiger partial charge in [0.05, 0.1) is 6.04 Å². The number of pyridine rings is 1. The Bertz CT molecular complexity index is 589. The molecular weight excluding hydrogens is 260 g/mol. The average molecular weight is 286 g/mol. The Kier molecular flexibility index (Phi) is 4.24. The molecule has 4 heteroatoms. The van der Waals surface area contributed by atoms with Crippen molar-refractivity contribution in [3.8, 4) is 0 Å². The highest BCUT2D eigenvalue weighted by atomic mass is 15.3. The van der Waals surface area contributed by atoms with Crippen LogP contribution in [-0.2, 0) is 0 Å². The molecule has 0 aliphatic heterocycles. The smallest absolute Gasteiger partial charge is 0.160 e. The minimum absolute atomic E-state index is 0.235. The van der Waals surface area contributed by atoms with Crippen LogP contribution in [0.25, 0.3) is 5.65 Å². The summed E-state index contributed by atoms with van der Waals surface area (Å²) in [7, 11) is 0. The first kappa shape index (κ1) is 14.5. The van der Waals surface area contributed by atoms with E-state index < -0.39 is 0 Å². The SMILES string of the molecule is CC(NC1CCCC(C(C)C)C1)c1nnc2ccccn12. The van der Waals surface area contributed by atoms with Gasteiger partial charge in [-0.05, 0) is 43.7 Å². The molecule has 1 aliphatic carbocycles. The van der Waals surface area contributed by atoms with Gasteiger partial charge in [0.25, 0.3) is 0 Å². The zero-order valence-corrected chi connectivity index (χ0v) is 13.3. The van der Waals surface area contributed by atoms with E-state index in [0.29, 0.717) is 6.04 Å². The van der Waals surface area contributed by atoms with Crippen molar-refractivity contribution in [3.63, 3.8) is 0 Å². The van der Waals surface area contributed by atoms with Crippen molar-refractivity contribution in [1.29, 1.82) is 0 Å². The van der Waals surface area contributed by atoms with Crippen LogP contribution in [0.4, 0.5) is 0 Å². The van der Waals surface area contributed by atoms with Gasteiger partial charge in [0, 0.05) is 12.2 Å². The van der Waals surface area contributed by atoms with Crippen molar-refractivity contribution in [2.45, 2.75) is 58.5 Å². The highest BCUT2D eigenvalue weighted by Gasteiger charge is 2.26. The maximum atomic E-state index is 4.37. The summed E-state index contributed by atoms with van der Waals surface area (Å²) in [5, 5.41) is 12.4. The fourth-order valence-corrected chi connectivity index (χ4v) is 3.57. The predicted octanol–water partition coefficient (Wildman–Crippen LogP) is 3.59. The fraction of sp³-hybridized carbons (Fsp3) is 0.647. The van der Waals surface area contributed by atoms with E-state index in [1.165, 1.54) is 25.7 Å². The summed E-state index contributed by atoms with van der Waals surface area (Å²) in [6.07, 6.45) is 7.34. The lowest BCUT2D eigenvalue weighted by molar-refractivity contribution is 0.221. The molecule has 2 heterocycles. The third-order valence-corrected chi connectivity index (χ3v) is 4.87. The second-order valence-corrected chi connectivity index (χ2v) is 6.74. The van der Waals surface area contributed by atoms with Crippen molar-refractivity contribution >= 4 is 5.65 Å². The van der Waals surface area contributed by atoms with E-state index in [-0.39, 0.29) is 6.04 Å². The van der Waals surface area contributed by atoms with Gasteiger partial charge in [-0.15, -0.1) is 10.2 Å². The number of rotatable bonds is 4. The molecule has 0 aromatic carbocycles. The van der Waals surface area contributed by atoms with Crippen LogP contribution in [0, 0.1) is 11.8 Å². The van der Waals surface area contributed by atoms with E-state index in [0.717, 1.165) is 23.3 Å². The van der Waals surface area contributed by atoms with Gasteiger partial charge in [-0.25, -0.2) is 0 Å². The van der Waals surface area contributed by atoms with Crippen molar-refractivity contribution in [2.75, 3.05) is 0 Å². The Morgan fingerprint density at radius 1 is 1.19 bits per heavy atom. The van der Waals surface area contributed by atoms with E-state index >= 15 is 0 Å². The molecule has 1 fully saturated rings. The molecule has 0 bridgehead atoms. The molecule has 1 aliphatic rings. The van der Waals surface area contributed by atoms with Crippen LogP contribution < -0.4 is 5.32 Å². The summed E-state index contributed by atoms with van der Waals surface area (Å²) in [6.45, 7) is 6.90. The maximum Gasteiger partial charge on any atom is 0.160 e. The van der Waals surface area contributed by atoms with Crippen LogP contribution in [0.15, 0.2) is 24.4 Å². The fourth-order valence-electron chi connectivity index (χ4n) is 3.57. The molecule has 1 N–H and O–H groups in total. The molecule has 3 unspecified atom stereocenters. The normalized spacial score (nSPS) is 24.6. The quantitative estimate of drug-likeness (QED) is 0.934. The molecule has 3 rings (SSSR count). The lowest BCUT2D eigenvalue weighted by Gasteiger charge is -2.33. The Hall–Kier alpha value is -1.42. The molecule has 3 atom stereocenters. The summed E-state index contributed by atoms with van der Waals surface area (Å²) in [5.41, 5.74) is 0.921. The van der Waals surface area contributed by atoms with E-state index in [9.17, 15) is 0 Å². The largest absolute Gasteiger partial charge is 0.305 e. The van der Waals surface area contributed by atoms with Gasteiger partial charge in [-0.1, -0.05) is 32.8 Å². The predicted molar refractivity (Wildman–Crippen MR) is 85.1 cm³/mol. The Balaban J connectivity index is 1.70. The van der Waals surface area contributed by atoms with Crippen molar-refractivity contribution in [3.05, 3.63) is 30.2 Å². The van der Waals surface area contributed by atoms with Gasteiger partial charge in [0.1, 0.15) is 0 Å². The maximum absolute atomic E-state index is 4.37. The number of hydrogen-bond acceptors (Lipinski definition) is 3. The topological polar surface area (TPSA) is 42.2 Å². The second kappa shape index (κ2) is 6.14. The number of nitrogens with zero attached hydrogens (tertiary/aromatic N) is 3. The van der Waals surface area contributed by atoms with Crippen LogP contribution in [0.3, 0.4) is 0 Å². The third kappa shape index (κ3) is 3.10. The molecule has 21 heavy (non-hydrogen) atoms. The van der Waals surface area contributed by atoms with Gasteiger partial charge < -0.3 is 5.32 Å². The summed E-state index contributed by atoms with van der Waals surface area (Å²) in [6, 6.07) is 6.87. The summed E-state index contributed by atoms with van der Waals surface area (Å²) < 4.78 is 2.08. The van der Waals surface area contributed by atoms with Crippen LogP contribution in [0.5, 0.6) is 0 Å². The zero-order valence-electron chi connectivity index (χ0n) is 13.3. The minimum atomic E-state index is 0.235. The number of fused-ring (bicyclic) bond motifs is 1.